The molecule has 0 bridgehead atoms. The van der Waals surface area contributed by atoms with Gasteiger partial charge in [-0.1, -0.05) is 30.3 Å². The van der Waals surface area contributed by atoms with Gasteiger partial charge in [0, 0.05) is 30.5 Å². The summed E-state index contributed by atoms with van der Waals surface area (Å²) in [4.78, 5) is 14.5. The number of nitrogens with zero attached hydrogens (tertiary/aromatic N) is 1. The van der Waals surface area contributed by atoms with E-state index in [1.165, 1.54) is 5.56 Å². The molecule has 1 unspecified atom stereocenters. The SMILES string of the molecule is COc1ccc(C2CN(C(=O)CCCOc3ccccc3)CCS2)cc1. The van der Waals surface area contributed by atoms with E-state index in [1.807, 2.05) is 59.1 Å². The zero-order chi connectivity index (χ0) is 18.2. The molecule has 26 heavy (non-hydrogen) atoms. The van der Waals surface area contributed by atoms with Gasteiger partial charge in [0.25, 0.3) is 0 Å². The van der Waals surface area contributed by atoms with Crippen LogP contribution in [0.15, 0.2) is 54.6 Å². The van der Waals surface area contributed by atoms with E-state index in [9.17, 15) is 4.79 Å². The Morgan fingerprint density at radius 3 is 2.62 bits per heavy atom. The molecule has 2 aromatic rings. The maximum Gasteiger partial charge on any atom is 0.222 e. The molecule has 0 aliphatic carbocycles. The molecule has 0 aromatic heterocycles. The number of carbonyl (C=O) groups is 1. The number of hydrogen-bond donors (Lipinski definition) is 0. The first-order chi connectivity index (χ1) is 12.8. The summed E-state index contributed by atoms with van der Waals surface area (Å²) in [5.41, 5.74) is 1.25. The second-order valence-corrected chi connectivity index (χ2v) is 7.55. The number of carbonyl (C=O) groups excluding carboxylic acids is 1. The van der Waals surface area contributed by atoms with Crippen LogP contribution in [-0.2, 0) is 4.79 Å². The number of benzene rings is 2. The van der Waals surface area contributed by atoms with E-state index >= 15 is 0 Å². The molecule has 3 rings (SSSR count). The first kappa shape index (κ1) is 18.6. The predicted molar refractivity (Wildman–Crippen MR) is 106 cm³/mol. The summed E-state index contributed by atoms with van der Waals surface area (Å²) < 4.78 is 10.9. The summed E-state index contributed by atoms with van der Waals surface area (Å²) in [6, 6.07) is 17.9. The molecule has 138 valence electrons. The Labute approximate surface area is 159 Å². The Morgan fingerprint density at radius 1 is 1.12 bits per heavy atom. The van der Waals surface area contributed by atoms with Crippen molar-refractivity contribution >= 4 is 17.7 Å². The van der Waals surface area contributed by atoms with Crippen molar-refractivity contribution in [3.63, 3.8) is 0 Å². The van der Waals surface area contributed by atoms with Crippen LogP contribution in [0.5, 0.6) is 11.5 Å². The lowest BCUT2D eigenvalue weighted by Crippen LogP contribution is -2.39. The van der Waals surface area contributed by atoms with Crippen molar-refractivity contribution in [2.24, 2.45) is 0 Å². The number of rotatable bonds is 7. The lowest BCUT2D eigenvalue weighted by molar-refractivity contribution is -0.131. The van der Waals surface area contributed by atoms with Gasteiger partial charge in [0.2, 0.25) is 5.91 Å². The molecule has 1 fully saturated rings. The van der Waals surface area contributed by atoms with Crippen molar-refractivity contribution in [2.45, 2.75) is 18.1 Å². The van der Waals surface area contributed by atoms with Gasteiger partial charge >= 0.3 is 0 Å². The van der Waals surface area contributed by atoms with Crippen molar-refractivity contribution in [1.29, 1.82) is 0 Å². The van der Waals surface area contributed by atoms with Gasteiger partial charge in [-0.25, -0.2) is 0 Å². The molecule has 1 amide bonds. The van der Waals surface area contributed by atoms with Crippen molar-refractivity contribution in [2.75, 3.05) is 32.6 Å². The summed E-state index contributed by atoms with van der Waals surface area (Å²) in [5.74, 6) is 2.92. The molecule has 1 aliphatic heterocycles. The average molecular weight is 372 g/mol. The molecule has 1 heterocycles. The molecule has 0 radical (unpaired) electrons. The Bertz CT molecular complexity index is 690. The smallest absolute Gasteiger partial charge is 0.222 e. The molecule has 4 nitrogen and oxygen atoms in total. The van der Waals surface area contributed by atoms with Gasteiger partial charge in [-0.3, -0.25) is 4.79 Å². The largest absolute Gasteiger partial charge is 0.497 e. The van der Waals surface area contributed by atoms with E-state index in [1.54, 1.807) is 7.11 Å². The van der Waals surface area contributed by atoms with E-state index in [0.29, 0.717) is 18.3 Å². The lowest BCUT2D eigenvalue weighted by atomic mass is 10.1. The van der Waals surface area contributed by atoms with Crippen LogP contribution in [-0.4, -0.2) is 43.4 Å². The minimum atomic E-state index is 0.223. The number of para-hydroxylation sites is 1. The number of ether oxygens (including phenoxy) is 2. The highest BCUT2D eigenvalue weighted by atomic mass is 32.2. The van der Waals surface area contributed by atoms with Crippen molar-refractivity contribution < 1.29 is 14.3 Å². The van der Waals surface area contributed by atoms with Crippen LogP contribution in [0.25, 0.3) is 0 Å². The minimum Gasteiger partial charge on any atom is -0.497 e. The molecule has 1 atom stereocenters. The normalized spacial score (nSPS) is 17.0. The molecule has 0 spiro atoms. The quantitative estimate of drug-likeness (QED) is 0.685. The second kappa shape index (κ2) is 9.53. The maximum absolute atomic E-state index is 12.5. The first-order valence-corrected chi connectivity index (χ1v) is 10.0. The van der Waals surface area contributed by atoms with Crippen LogP contribution < -0.4 is 9.47 Å². The van der Waals surface area contributed by atoms with Crippen LogP contribution in [0, 0.1) is 0 Å². The average Bonchev–Trinajstić information content (AvgIpc) is 2.72. The van der Waals surface area contributed by atoms with Crippen molar-refractivity contribution in [1.82, 2.24) is 4.90 Å². The minimum absolute atomic E-state index is 0.223. The summed E-state index contributed by atoms with van der Waals surface area (Å²) >= 11 is 1.92. The second-order valence-electron chi connectivity index (χ2n) is 6.24. The zero-order valence-electron chi connectivity index (χ0n) is 15.1. The van der Waals surface area contributed by atoms with Crippen LogP contribution >= 0.6 is 11.8 Å². The fraction of sp³-hybridized carbons (Fsp3) is 0.381. The molecule has 1 saturated heterocycles. The fourth-order valence-corrected chi connectivity index (χ4v) is 4.23. The molecular weight excluding hydrogens is 346 g/mol. The van der Waals surface area contributed by atoms with Crippen LogP contribution in [0.2, 0.25) is 0 Å². The highest BCUT2D eigenvalue weighted by Gasteiger charge is 2.24. The van der Waals surface area contributed by atoms with Crippen LogP contribution in [0.1, 0.15) is 23.7 Å². The van der Waals surface area contributed by atoms with Gasteiger partial charge in [-0.05, 0) is 36.2 Å². The summed E-state index contributed by atoms with van der Waals surface area (Å²) in [6.45, 7) is 2.17. The number of methoxy groups -OCH3 is 1. The zero-order valence-corrected chi connectivity index (χ0v) is 15.9. The van der Waals surface area contributed by atoms with E-state index in [2.05, 4.69) is 12.1 Å². The Morgan fingerprint density at radius 2 is 1.88 bits per heavy atom. The summed E-state index contributed by atoms with van der Waals surface area (Å²) in [5, 5.41) is 0.333. The Hall–Kier alpha value is -2.14. The standard InChI is InChI=1S/C21H25NO3S/c1-24-18-11-9-17(10-12-18)20-16-22(13-15-26-20)21(23)8-5-14-25-19-6-3-2-4-7-19/h2-4,6-7,9-12,20H,5,8,13-16H2,1H3. The Kier molecular flexibility index (Phi) is 6.83. The lowest BCUT2D eigenvalue weighted by Gasteiger charge is -2.32. The van der Waals surface area contributed by atoms with Crippen LogP contribution in [0.4, 0.5) is 0 Å². The van der Waals surface area contributed by atoms with Gasteiger partial charge in [0.1, 0.15) is 11.5 Å². The number of hydrogen-bond acceptors (Lipinski definition) is 4. The maximum atomic E-state index is 12.5. The van der Waals surface area contributed by atoms with Gasteiger partial charge in [0.05, 0.1) is 13.7 Å². The number of thioether (sulfide) groups is 1. The third kappa shape index (κ3) is 5.18. The Balaban J connectivity index is 1.45. The van der Waals surface area contributed by atoms with Crippen LogP contribution in [0.3, 0.4) is 0 Å². The monoisotopic (exact) mass is 371 g/mol. The van der Waals surface area contributed by atoms with E-state index in [4.69, 9.17) is 9.47 Å². The molecule has 2 aromatic carbocycles. The molecular formula is C21H25NO3S. The highest BCUT2D eigenvalue weighted by molar-refractivity contribution is 7.99. The summed E-state index contributed by atoms with van der Waals surface area (Å²) in [6.07, 6.45) is 1.28. The summed E-state index contributed by atoms with van der Waals surface area (Å²) in [7, 11) is 1.67. The topological polar surface area (TPSA) is 38.8 Å². The first-order valence-electron chi connectivity index (χ1n) is 8.97. The molecule has 5 heteroatoms. The molecule has 0 N–H and O–H groups in total. The third-order valence-corrected chi connectivity index (χ3v) is 5.70. The van der Waals surface area contributed by atoms with Gasteiger partial charge in [-0.2, -0.15) is 11.8 Å². The molecule has 1 aliphatic rings. The highest BCUT2D eigenvalue weighted by Crippen LogP contribution is 2.34. The van der Waals surface area contributed by atoms with Gasteiger partial charge < -0.3 is 14.4 Å². The van der Waals surface area contributed by atoms with E-state index in [-0.39, 0.29) is 5.91 Å². The van der Waals surface area contributed by atoms with Gasteiger partial charge in [-0.15, -0.1) is 0 Å². The third-order valence-electron chi connectivity index (χ3n) is 4.45. The molecule has 0 saturated carbocycles. The van der Waals surface area contributed by atoms with E-state index in [0.717, 1.165) is 36.8 Å². The van der Waals surface area contributed by atoms with Crippen molar-refractivity contribution in [3.05, 3.63) is 60.2 Å². The van der Waals surface area contributed by atoms with Crippen molar-refractivity contribution in [3.8, 4) is 11.5 Å². The predicted octanol–water partition coefficient (Wildman–Crippen LogP) is 4.17. The van der Waals surface area contributed by atoms with Gasteiger partial charge in [0.15, 0.2) is 0 Å². The fourth-order valence-electron chi connectivity index (χ4n) is 2.98. The number of amides is 1. The van der Waals surface area contributed by atoms with E-state index < -0.39 is 0 Å².